The van der Waals surface area contributed by atoms with Gasteiger partial charge in [0.25, 0.3) is 0 Å². The summed E-state index contributed by atoms with van der Waals surface area (Å²) < 4.78 is 0. The molecule has 0 spiro atoms. The van der Waals surface area contributed by atoms with Gasteiger partial charge in [0.05, 0.1) is 6.04 Å². The molecule has 0 aromatic carbocycles. The van der Waals surface area contributed by atoms with Crippen LogP contribution in [0.3, 0.4) is 0 Å². The summed E-state index contributed by atoms with van der Waals surface area (Å²) in [5, 5.41) is 2.84. The van der Waals surface area contributed by atoms with Gasteiger partial charge < -0.3 is 16.8 Å². The van der Waals surface area contributed by atoms with Crippen LogP contribution < -0.4 is 16.8 Å². The number of nitrogens with one attached hydrogen (secondary N) is 1. The number of nitrogens with two attached hydrogens (primary N) is 2. The molecule has 0 unspecified atom stereocenters. The Morgan fingerprint density at radius 2 is 2.29 bits per heavy atom. The maximum absolute atomic E-state index is 11.3. The second-order valence-corrected chi connectivity index (χ2v) is 3.87. The van der Waals surface area contributed by atoms with Gasteiger partial charge in [0.2, 0.25) is 11.8 Å². The quantitative estimate of drug-likeness (QED) is 0.553. The molecule has 14 heavy (non-hydrogen) atoms. The largest absolute Gasteiger partial charge is 0.368 e. The number of halogens is 1. The Balaban J connectivity index is 0.000000980. The summed E-state index contributed by atoms with van der Waals surface area (Å²) >= 11 is 0. The molecule has 80 valence electrons. The molecule has 1 aliphatic heterocycles. The van der Waals surface area contributed by atoms with Gasteiger partial charge in [-0.15, -0.1) is 12.4 Å². The molecule has 0 aromatic rings. The van der Waals surface area contributed by atoms with Gasteiger partial charge in [0.1, 0.15) is 0 Å². The molecule has 5 N–H and O–H groups in total. The van der Waals surface area contributed by atoms with Crippen molar-refractivity contribution in [3.8, 4) is 0 Å². The third-order valence-corrected chi connectivity index (χ3v) is 2.89. The highest BCUT2D eigenvalue weighted by Crippen LogP contribution is 2.44. The summed E-state index contributed by atoms with van der Waals surface area (Å²) in [6.07, 6.45) is 1.42. The molecule has 6 heteroatoms. The van der Waals surface area contributed by atoms with Crippen molar-refractivity contribution in [3.63, 3.8) is 0 Å². The average Bonchev–Trinajstić information content (AvgIpc) is 2.72. The Morgan fingerprint density at radius 3 is 2.71 bits per heavy atom. The third kappa shape index (κ3) is 1.83. The predicted molar refractivity (Wildman–Crippen MR) is 52.6 cm³/mol. The van der Waals surface area contributed by atoms with Crippen molar-refractivity contribution in [2.45, 2.75) is 24.9 Å². The van der Waals surface area contributed by atoms with Gasteiger partial charge in [-0.2, -0.15) is 0 Å². The van der Waals surface area contributed by atoms with Crippen molar-refractivity contribution in [1.29, 1.82) is 0 Å². The van der Waals surface area contributed by atoms with E-state index in [1.54, 1.807) is 0 Å². The van der Waals surface area contributed by atoms with Crippen molar-refractivity contribution < 1.29 is 9.59 Å². The number of fused-ring (bicyclic) bond motifs is 1. The lowest BCUT2D eigenvalue weighted by Gasteiger charge is -2.13. The number of carbonyl (C=O) groups is 2. The van der Waals surface area contributed by atoms with Crippen molar-refractivity contribution in [2.75, 3.05) is 0 Å². The molecule has 4 atom stereocenters. The standard InChI is InChI=1S/C8H13N3O2.ClH/c9-5(7(10)12)1-4-3-2-6(3)11-8(4)13;/h3-6H,1-2,9H2,(H2,10,12)(H,11,13);1H/t3-,4-,5+,6-;/m1./s1. The molecule has 0 aromatic heterocycles. The van der Waals surface area contributed by atoms with Gasteiger partial charge in [0.15, 0.2) is 0 Å². The fraction of sp³-hybridized carbons (Fsp3) is 0.750. The molecule has 2 aliphatic rings. The first-order valence-electron chi connectivity index (χ1n) is 4.45. The molecular weight excluding hydrogens is 206 g/mol. The van der Waals surface area contributed by atoms with Crippen LogP contribution in [0, 0.1) is 11.8 Å². The van der Waals surface area contributed by atoms with Crippen LogP contribution in [0.5, 0.6) is 0 Å². The lowest BCUT2D eigenvalue weighted by atomic mass is 9.96. The van der Waals surface area contributed by atoms with Crippen LogP contribution in [-0.4, -0.2) is 23.9 Å². The van der Waals surface area contributed by atoms with Crippen LogP contribution in [0.1, 0.15) is 12.8 Å². The topological polar surface area (TPSA) is 98.2 Å². The van der Waals surface area contributed by atoms with Crippen LogP contribution in [0.25, 0.3) is 0 Å². The Labute approximate surface area is 88.0 Å². The molecule has 1 aliphatic carbocycles. The number of hydrogen-bond donors (Lipinski definition) is 3. The van der Waals surface area contributed by atoms with Crippen LogP contribution in [0.4, 0.5) is 0 Å². The normalized spacial score (nSPS) is 35.2. The van der Waals surface area contributed by atoms with Gasteiger partial charge in [0, 0.05) is 12.0 Å². The van der Waals surface area contributed by atoms with Crippen LogP contribution in [-0.2, 0) is 9.59 Å². The highest BCUT2D eigenvalue weighted by Gasteiger charge is 2.53. The van der Waals surface area contributed by atoms with E-state index in [9.17, 15) is 9.59 Å². The summed E-state index contributed by atoms with van der Waals surface area (Å²) in [4.78, 5) is 21.9. The zero-order valence-electron chi connectivity index (χ0n) is 7.60. The Kier molecular flexibility index (Phi) is 3.01. The Bertz CT molecular complexity index is 271. The molecule has 1 saturated heterocycles. The maximum atomic E-state index is 11.3. The van der Waals surface area contributed by atoms with Crippen molar-refractivity contribution in [1.82, 2.24) is 5.32 Å². The summed E-state index contributed by atoms with van der Waals surface area (Å²) in [5.74, 6) is -0.194. The van der Waals surface area contributed by atoms with Gasteiger partial charge in [-0.25, -0.2) is 0 Å². The van der Waals surface area contributed by atoms with Gasteiger partial charge >= 0.3 is 0 Å². The van der Waals surface area contributed by atoms with E-state index in [4.69, 9.17) is 11.5 Å². The molecular formula is C8H14ClN3O2. The first-order chi connectivity index (χ1) is 6.09. The van der Waals surface area contributed by atoms with E-state index in [1.165, 1.54) is 0 Å². The Hall–Kier alpha value is -0.810. The van der Waals surface area contributed by atoms with Crippen molar-refractivity contribution in [2.24, 2.45) is 23.3 Å². The van der Waals surface area contributed by atoms with E-state index >= 15 is 0 Å². The lowest BCUT2D eigenvalue weighted by Crippen LogP contribution is -2.40. The number of hydrogen-bond acceptors (Lipinski definition) is 3. The first kappa shape index (κ1) is 11.3. The molecule has 5 nitrogen and oxygen atoms in total. The minimum atomic E-state index is -0.685. The van der Waals surface area contributed by atoms with Gasteiger partial charge in [-0.1, -0.05) is 0 Å². The van der Waals surface area contributed by atoms with Gasteiger partial charge in [-0.05, 0) is 18.8 Å². The fourth-order valence-electron chi connectivity index (χ4n) is 1.98. The molecule has 2 rings (SSSR count). The van der Waals surface area contributed by atoms with E-state index in [2.05, 4.69) is 5.32 Å². The highest BCUT2D eigenvalue weighted by atomic mass is 35.5. The number of amides is 2. The fourth-order valence-corrected chi connectivity index (χ4v) is 1.98. The highest BCUT2D eigenvalue weighted by molar-refractivity contribution is 5.86. The minimum Gasteiger partial charge on any atom is -0.368 e. The Morgan fingerprint density at radius 1 is 1.64 bits per heavy atom. The van der Waals surface area contributed by atoms with Crippen molar-refractivity contribution >= 4 is 24.2 Å². The number of piperidine rings is 1. The summed E-state index contributed by atoms with van der Waals surface area (Å²) in [7, 11) is 0. The summed E-state index contributed by atoms with van der Waals surface area (Å²) in [5.41, 5.74) is 10.5. The average molecular weight is 220 g/mol. The maximum Gasteiger partial charge on any atom is 0.234 e. The van der Waals surface area contributed by atoms with E-state index < -0.39 is 11.9 Å². The second-order valence-electron chi connectivity index (χ2n) is 3.87. The molecule has 1 heterocycles. The second kappa shape index (κ2) is 3.74. The monoisotopic (exact) mass is 219 g/mol. The lowest BCUT2D eigenvalue weighted by molar-refractivity contribution is -0.124. The summed E-state index contributed by atoms with van der Waals surface area (Å²) in [6.45, 7) is 0. The van der Waals surface area contributed by atoms with Crippen LogP contribution in [0.2, 0.25) is 0 Å². The van der Waals surface area contributed by atoms with Crippen LogP contribution in [0.15, 0.2) is 0 Å². The van der Waals surface area contributed by atoms with E-state index in [-0.39, 0.29) is 24.2 Å². The smallest absolute Gasteiger partial charge is 0.234 e. The number of rotatable bonds is 3. The zero-order valence-corrected chi connectivity index (χ0v) is 8.42. The minimum absolute atomic E-state index is 0. The molecule has 2 fully saturated rings. The number of carbonyl (C=O) groups excluding carboxylic acids is 2. The van der Waals surface area contributed by atoms with E-state index in [0.29, 0.717) is 18.4 Å². The zero-order chi connectivity index (χ0) is 9.59. The first-order valence-corrected chi connectivity index (χ1v) is 4.45. The van der Waals surface area contributed by atoms with Gasteiger partial charge in [-0.3, -0.25) is 9.59 Å². The molecule has 1 saturated carbocycles. The van der Waals surface area contributed by atoms with E-state index in [1.807, 2.05) is 0 Å². The SMILES string of the molecule is Cl.NC(=O)[C@@H](N)C[C@H]1C(=O)N[C@@H]2C[C@@H]21. The van der Waals surface area contributed by atoms with E-state index in [0.717, 1.165) is 6.42 Å². The number of primary amides is 1. The molecule has 2 amide bonds. The molecule has 0 bridgehead atoms. The van der Waals surface area contributed by atoms with Crippen molar-refractivity contribution in [3.05, 3.63) is 0 Å². The van der Waals surface area contributed by atoms with Crippen LogP contribution >= 0.6 is 12.4 Å². The summed E-state index contributed by atoms with van der Waals surface area (Å²) in [6, 6.07) is -0.340. The molecule has 0 radical (unpaired) electrons. The third-order valence-electron chi connectivity index (χ3n) is 2.89. The predicted octanol–water partition coefficient (Wildman–Crippen LogP) is -1.25.